The average molecular weight is 264 g/mol. The van der Waals surface area contributed by atoms with E-state index in [1.54, 1.807) is 0 Å². The first-order chi connectivity index (χ1) is 8.65. The number of ether oxygens (including phenoxy) is 1. The smallest absolute Gasteiger partial charge is 0.103 e. The van der Waals surface area contributed by atoms with Crippen LogP contribution in [-0.4, -0.2) is 36.2 Å². The van der Waals surface area contributed by atoms with Crippen LogP contribution in [0, 0.1) is 0 Å². The molecule has 1 aromatic carbocycles. The summed E-state index contributed by atoms with van der Waals surface area (Å²) in [5, 5.41) is 0. The Morgan fingerprint density at radius 1 is 1.44 bits per heavy atom. The summed E-state index contributed by atoms with van der Waals surface area (Å²) in [7, 11) is 2.13. The van der Waals surface area contributed by atoms with Crippen LogP contribution in [0.4, 0.5) is 0 Å². The van der Waals surface area contributed by atoms with Crippen LogP contribution in [0.25, 0.3) is 0 Å². The fourth-order valence-corrected chi connectivity index (χ4v) is 2.42. The van der Waals surface area contributed by atoms with Crippen molar-refractivity contribution in [1.82, 2.24) is 4.90 Å². The van der Waals surface area contributed by atoms with Crippen LogP contribution in [0.5, 0.6) is 0 Å². The molecule has 0 amide bonds. The van der Waals surface area contributed by atoms with Gasteiger partial charge in [0.2, 0.25) is 0 Å². The highest BCUT2D eigenvalue weighted by molar-refractivity contribution is 7.80. The molecule has 1 aromatic rings. The van der Waals surface area contributed by atoms with Gasteiger partial charge in [0, 0.05) is 25.3 Å². The van der Waals surface area contributed by atoms with E-state index in [1.807, 2.05) is 12.1 Å². The Morgan fingerprint density at radius 2 is 2.17 bits per heavy atom. The number of nitrogens with two attached hydrogens (primary N) is 1. The molecule has 4 heteroatoms. The predicted molar refractivity (Wildman–Crippen MR) is 77.6 cm³/mol. The maximum atomic E-state index is 5.64. The Balaban J connectivity index is 1.86. The van der Waals surface area contributed by atoms with Crippen LogP contribution in [0.3, 0.4) is 0 Å². The average Bonchev–Trinajstić information content (AvgIpc) is 2.82. The van der Waals surface area contributed by atoms with E-state index < -0.39 is 0 Å². The molecular weight excluding hydrogens is 244 g/mol. The molecule has 0 radical (unpaired) electrons. The Hall–Kier alpha value is -0.970. The van der Waals surface area contributed by atoms with Crippen molar-refractivity contribution < 1.29 is 4.74 Å². The van der Waals surface area contributed by atoms with E-state index in [9.17, 15) is 0 Å². The van der Waals surface area contributed by atoms with Crippen molar-refractivity contribution in [3.63, 3.8) is 0 Å². The third-order valence-corrected chi connectivity index (χ3v) is 3.47. The van der Waals surface area contributed by atoms with Crippen LogP contribution >= 0.6 is 12.2 Å². The molecule has 3 nitrogen and oxygen atoms in total. The van der Waals surface area contributed by atoms with Crippen molar-refractivity contribution in [3.05, 3.63) is 35.4 Å². The third-order valence-electron chi connectivity index (χ3n) is 3.23. The number of benzene rings is 1. The Kier molecular flexibility index (Phi) is 4.69. The normalized spacial score (nSPS) is 19.3. The van der Waals surface area contributed by atoms with Crippen molar-refractivity contribution >= 4 is 17.2 Å². The number of likely N-dealkylation sites (N-methyl/N-ethyl adjacent to an activating group) is 1. The van der Waals surface area contributed by atoms with Crippen molar-refractivity contribution in [1.29, 1.82) is 0 Å². The first-order valence-electron chi connectivity index (χ1n) is 6.34. The van der Waals surface area contributed by atoms with E-state index in [2.05, 4.69) is 24.1 Å². The first kappa shape index (κ1) is 13.5. The zero-order chi connectivity index (χ0) is 13.0. The van der Waals surface area contributed by atoms with Gasteiger partial charge in [-0.1, -0.05) is 36.5 Å². The van der Waals surface area contributed by atoms with Gasteiger partial charge in [-0.15, -0.1) is 0 Å². The summed E-state index contributed by atoms with van der Waals surface area (Å²) in [5.41, 5.74) is 7.78. The summed E-state index contributed by atoms with van der Waals surface area (Å²) in [4.78, 5) is 2.75. The zero-order valence-corrected chi connectivity index (χ0v) is 11.6. The molecule has 1 aliphatic rings. The van der Waals surface area contributed by atoms with Crippen LogP contribution in [0.1, 0.15) is 24.0 Å². The monoisotopic (exact) mass is 264 g/mol. The van der Waals surface area contributed by atoms with Crippen LogP contribution in [-0.2, 0) is 11.3 Å². The second kappa shape index (κ2) is 6.27. The van der Waals surface area contributed by atoms with Gasteiger partial charge in [-0.2, -0.15) is 0 Å². The molecule has 1 aliphatic heterocycles. The number of thiocarbonyl (C=S) groups is 1. The quantitative estimate of drug-likeness (QED) is 0.825. The third kappa shape index (κ3) is 3.77. The fraction of sp³-hybridized carbons (Fsp3) is 0.500. The lowest BCUT2D eigenvalue weighted by atomic mass is 10.1. The van der Waals surface area contributed by atoms with Gasteiger partial charge < -0.3 is 10.5 Å². The molecule has 0 aromatic heterocycles. The number of hydrogen-bond acceptors (Lipinski definition) is 3. The fourth-order valence-electron chi connectivity index (χ4n) is 2.29. The van der Waals surface area contributed by atoms with E-state index in [0.717, 1.165) is 25.3 Å². The standard InChI is InChI=1S/C14H20N2OS/c1-16(10-13-3-2-8-17-13)9-11-4-6-12(7-5-11)14(15)18/h4-7,13H,2-3,8-10H2,1H3,(H2,15,18). The molecular formula is C14H20N2OS. The molecule has 0 bridgehead atoms. The van der Waals surface area contributed by atoms with E-state index >= 15 is 0 Å². The second-order valence-corrected chi connectivity index (χ2v) is 5.33. The van der Waals surface area contributed by atoms with E-state index in [4.69, 9.17) is 22.7 Å². The summed E-state index contributed by atoms with van der Waals surface area (Å²) in [6.45, 7) is 2.84. The lowest BCUT2D eigenvalue weighted by Gasteiger charge is -2.20. The molecule has 2 rings (SSSR count). The van der Waals surface area contributed by atoms with E-state index in [-0.39, 0.29) is 0 Å². The Labute approximate surface area is 114 Å². The van der Waals surface area contributed by atoms with Gasteiger partial charge in [-0.3, -0.25) is 4.90 Å². The highest BCUT2D eigenvalue weighted by Gasteiger charge is 2.17. The molecule has 0 spiro atoms. The van der Waals surface area contributed by atoms with Gasteiger partial charge in [0.25, 0.3) is 0 Å². The van der Waals surface area contributed by atoms with Gasteiger partial charge in [-0.25, -0.2) is 0 Å². The lowest BCUT2D eigenvalue weighted by Crippen LogP contribution is -2.28. The molecule has 2 N–H and O–H groups in total. The summed E-state index contributed by atoms with van der Waals surface area (Å²) in [5.74, 6) is 0. The SMILES string of the molecule is CN(Cc1ccc(C(N)=S)cc1)CC1CCCO1. The second-order valence-electron chi connectivity index (χ2n) is 4.89. The maximum absolute atomic E-state index is 5.64. The van der Waals surface area contributed by atoms with Crippen LogP contribution in [0.2, 0.25) is 0 Å². The van der Waals surface area contributed by atoms with Crippen molar-refractivity contribution in [3.8, 4) is 0 Å². The topological polar surface area (TPSA) is 38.5 Å². The maximum Gasteiger partial charge on any atom is 0.103 e. The minimum atomic E-state index is 0.408. The van der Waals surface area contributed by atoms with Crippen molar-refractivity contribution in [2.24, 2.45) is 5.73 Å². The molecule has 1 unspecified atom stereocenters. The number of nitrogens with zero attached hydrogens (tertiary/aromatic N) is 1. The summed E-state index contributed by atoms with van der Waals surface area (Å²) < 4.78 is 5.64. The van der Waals surface area contributed by atoms with E-state index in [1.165, 1.54) is 18.4 Å². The minimum absolute atomic E-state index is 0.408. The van der Waals surface area contributed by atoms with Crippen LogP contribution in [0.15, 0.2) is 24.3 Å². The minimum Gasteiger partial charge on any atom is -0.389 e. The van der Waals surface area contributed by atoms with Gasteiger partial charge in [0.1, 0.15) is 4.99 Å². The highest BCUT2D eigenvalue weighted by Crippen LogP contribution is 2.14. The van der Waals surface area contributed by atoms with Gasteiger partial charge in [0.05, 0.1) is 6.10 Å². The van der Waals surface area contributed by atoms with Crippen LogP contribution < -0.4 is 5.73 Å². The Morgan fingerprint density at radius 3 is 2.72 bits per heavy atom. The number of hydrogen-bond donors (Lipinski definition) is 1. The number of rotatable bonds is 5. The van der Waals surface area contributed by atoms with Gasteiger partial charge >= 0.3 is 0 Å². The molecule has 98 valence electrons. The summed E-state index contributed by atoms with van der Waals surface area (Å²) >= 11 is 4.94. The molecule has 1 saturated heterocycles. The molecule has 1 fully saturated rings. The van der Waals surface area contributed by atoms with Crippen molar-refractivity contribution in [2.75, 3.05) is 20.2 Å². The molecule has 1 heterocycles. The van der Waals surface area contributed by atoms with Gasteiger partial charge in [0.15, 0.2) is 0 Å². The zero-order valence-electron chi connectivity index (χ0n) is 10.8. The highest BCUT2D eigenvalue weighted by atomic mass is 32.1. The van der Waals surface area contributed by atoms with E-state index in [0.29, 0.717) is 11.1 Å². The molecule has 0 aliphatic carbocycles. The Bertz CT molecular complexity index is 399. The van der Waals surface area contributed by atoms with Gasteiger partial charge in [-0.05, 0) is 25.5 Å². The predicted octanol–water partition coefficient (Wildman–Crippen LogP) is 1.93. The summed E-state index contributed by atoms with van der Waals surface area (Å²) in [6, 6.07) is 8.14. The lowest BCUT2D eigenvalue weighted by molar-refractivity contribution is 0.0793. The molecule has 1 atom stereocenters. The first-order valence-corrected chi connectivity index (χ1v) is 6.75. The van der Waals surface area contributed by atoms with Crippen molar-refractivity contribution in [2.45, 2.75) is 25.5 Å². The summed E-state index contributed by atoms with van der Waals surface area (Å²) in [6.07, 6.45) is 2.79. The largest absolute Gasteiger partial charge is 0.389 e. The molecule has 0 saturated carbocycles. The molecule has 18 heavy (non-hydrogen) atoms.